The third-order valence-electron chi connectivity index (χ3n) is 6.26. The normalized spacial score (nSPS) is 15.8. The average molecular weight is 513 g/mol. The fourth-order valence-corrected chi connectivity index (χ4v) is 11.0. The number of nitrogens with zero attached hydrogens (tertiary/aromatic N) is 1. The summed E-state index contributed by atoms with van der Waals surface area (Å²) < 4.78 is 3.38. The van der Waals surface area contributed by atoms with Crippen LogP contribution < -0.4 is 9.67 Å². The molecule has 2 aromatic carbocycles. The Labute approximate surface area is 199 Å². The Balaban J connectivity index is 1.73. The number of nitrogens with one attached hydrogen (secondary N) is 1. The summed E-state index contributed by atoms with van der Waals surface area (Å²) in [6.07, 6.45) is 3.77. The molecular weight excluding hydrogens is 479 g/mol. The Kier molecular flexibility index (Phi) is 7.27. The minimum atomic E-state index is -1.25. The van der Waals surface area contributed by atoms with Gasteiger partial charge in [0.1, 0.15) is 0 Å². The van der Waals surface area contributed by atoms with E-state index in [4.69, 9.17) is 0 Å². The second-order valence-corrected chi connectivity index (χ2v) is 16.4. The molecule has 1 heterocycles. The number of aryl methyl sites for hydroxylation is 1. The Morgan fingerprint density at radius 3 is 2.69 bits per heavy atom. The Hall–Kier alpha value is -1.84. The van der Waals surface area contributed by atoms with Crippen LogP contribution in [-0.2, 0) is 4.79 Å². The summed E-state index contributed by atoms with van der Waals surface area (Å²) in [4.78, 5) is 16.0. The van der Waals surface area contributed by atoms with E-state index >= 15 is 0 Å². The SMILES string of the molecule is CCC(CC(=O)O)c1ccc([As](CC2CC2)C(C)C)c(Nc2ccc3nc(C)sc3c2)c1. The molecule has 170 valence electrons. The molecule has 32 heavy (non-hydrogen) atoms. The van der Waals surface area contributed by atoms with Crippen LogP contribution >= 0.6 is 11.3 Å². The first kappa shape index (κ1) is 23.3. The van der Waals surface area contributed by atoms with E-state index in [1.54, 1.807) is 11.3 Å². The zero-order chi connectivity index (χ0) is 22.8. The van der Waals surface area contributed by atoms with Crippen molar-refractivity contribution < 1.29 is 9.90 Å². The minimum absolute atomic E-state index is 0.0390. The number of carbonyl (C=O) groups is 1. The zero-order valence-corrected chi connectivity index (χ0v) is 22.1. The maximum atomic E-state index is 11.4. The summed E-state index contributed by atoms with van der Waals surface area (Å²) in [5.41, 5.74) is 4.43. The number of hydrogen-bond acceptors (Lipinski definition) is 4. The van der Waals surface area contributed by atoms with Crippen molar-refractivity contribution in [3.63, 3.8) is 0 Å². The van der Waals surface area contributed by atoms with Crippen molar-refractivity contribution >= 4 is 57.9 Å². The van der Waals surface area contributed by atoms with Crippen LogP contribution in [0.3, 0.4) is 0 Å². The van der Waals surface area contributed by atoms with Crippen molar-refractivity contribution in [2.45, 2.75) is 69.2 Å². The number of aromatic nitrogens is 1. The van der Waals surface area contributed by atoms with Crippen LogP contribution in [0.15, 0.2) is 36.4 Å². The van der Waals surface area contributed by atoms with Crippen LogP contribution in [0, 0.1) is 12.8 Å². The van der Waals surface area contributed by atoms with Gasteiger partial charge in [-0.1, -0.05) is 0 Å². The first-order valence-electron chi connectivity index (χ1n) is 11.6. The molecule has 1 aliphatic carbocycles. The molecule has 0 bridgehead atoms. The first-order valence-corrected chi connectivity index (χ1v) is 15.8. The predicted octanol–water partition coefficient (Wildman–Crippen LogP) is 6.84. The molecule has 6 heteroatoms. The van der Waals surface area contributed by atoms with Gasteiger partial charge in [-0.2, -0.15) is 0 Å². The van der Waals surface area contributed by atoms with E-state index in [0.717, 1.165) is 34.1 Å². The van der Waals surface area contributed by atoms with E-state index < -0.39 is 20.6 Å². The standard InChI is InChI=1S/C26H33AsN2O2S/c1-5-19(13-26(30)31)20-8-10-22(27(16(2)3)15-18-6-7-18)24(12-20)29-21-9-11-23-25(14-21)32-17(4)28-23/h8-12,14,16,18-19,29H,5-7,13,15H2,1-4H3,(H,30,31). The molecule has 0 saturated heterocycles. The fraction of sp³-hybridized carbons (Fsp3) is 0.462. The van der Waals surface area contributed by atoms with Gasteiger partial charge >= 0.3 is 200 Å². The van der Waals surface area contributed by atoms with E-state index in [9.17, 15) is 9.90 Å². The number of carboxylic acid groups (broad SMARTS) is 1. The van der Waals surface area contributed by atoms with Crippen molar-refractivity contribution in [3.8, 4) is 0 Å². The molecule has 1 aromatic heterocycles. The molecule has 4 nitrogen and oxygen atoms in total. The molecule has 0 spiro atoms. The number of hydrogen-bond donors (Lipinski definition) is 2. The number of rotatable bonds is 10. The van der Waals surface area contributed by atoms with Crippen LogP contribution in [-0.4, -0.2) is 30.7 Å². The van der Waals surface area contributed by atoms with Gasteiger partial charge in [0.25, 0.3) is 0 Å². The molecule has 3 aromatic rings. The van der Waals surface area contributed by atoms with Gasteiger partial charge in [0.05, 0.1) is 0 Å². The van der Waals surface area contributed by atoms with Crippen LogP contribution in [0.25, 0.3) is 10.2 Å². The number of anilines is 2. The van der Waals surface area contributed by atoms with Crippen molar-refractivity contribution in [2.24, 2.45) is 5.92 Å². The van der Waals surface area contributed by atoms with Crippen molar-refractivity contribution in [1.29, 1.82) is 0 Å². The van der Waals surface area contributed by atoms with Crippen molar-refractivity contribution in [2.75, 3.05) is 5.32 Å². The summed E-state index contributed by atoms with van der Waals surface area (Å²) in [7, 11) is 0. The van der Waals surface area contributed by atoms with Gasteiger partial charge in [0.2, 0.25) is 0 Å². The average Bonchev–Trinajstić information content (AvgIpc) is 3.49. The van der Waals surface area contributed by atoms with Crippen LogP contribution in [0.4, 0.5) is 11.4 Å². The zero-order valence-electron chi connectivity index (χ0n) is 19.4. The van der Waals surface area contributed by atoms with Crippen LogP contribution in [0.1, 0.15) is 62.9 Å². The summed E-state index contributed by atoms with van der Waals surface area (Å²) in [5.74, 6) is 0.221. The van der Waals surface area contributed by atoms with Gasteiger partial charge in [0, 0.05) is 0 Å². The molecule has 1 fully saturated rings. The Morgan fingerprint density at radius 2 is 2.03 bits per heavy atom. The molecule has 0 radical (unpaired) electrons. The summed E-state index contributed by atoms with van der Waals surface area (Å²) in [5, 5.41) is 15.6. The summed E-state index contributed by atoms with van der Waals surface area (Å²) >= 11 is 0.472. The van der Waals surface area contributed by atoms with Crippen molar-refractivity contribution in [1.82, 2.24) is 4.98 Å². The van der Waals surface area contributed by atoms with E-state index in [1.165, 1.54) is 32.8 Å². The molecule has 4 rings (SSSR count). The number of carboxylic acids is 1. The number of fused-ring (bicyclic) bond motifs is 1. The molecule has 1 saturated carbocycles. The van der Waals surface area contributed by atoms with Gasteiger partial charge in [-0.15, -0.1) is 0 Å². The Bertz CT molecular complexity index is 1110. The van der Waals surface area contributed by atoms with Crippen LogP contribution in [0.2, 0.25) is 9.91 Å². The number of thiazole rings is 1. The second-order valence-electron chi connectivity index (χ2n) is 9.21. The number of aliphatic carboxylic acids is 1. The number of benzene rings is 2. The fourth-order valence-electron chi connectivity index (χ4n) is 4.31. The quantitative estimate of drug-likeness (QED) is 0.292. The second kappa shape index (κ2) is 9.97. The maximum absolute atomic E-state index is 11.4. The molecule has 2 N–H and O–H groups in total. The van der Waals surface area contributed by atoms with E-state index in [-0.39, 0.29) is 12.3 Å². The van der Waals surface area contributed by atoms with Gasteiger partial charge in [-0.05, 0) is 0 Å². The molecule has 2 atom stereocenters. The molecule has 0 amide bonds. The van der Waals surface area contributed by atoms with Crippen molar-refractivity contribution in [3.05, 3.63) is 47.0 Å². The first-order chi connectivity index (χ1) is 15.3. The van der Waals surface area contributed by atoms with Gasteiger partial charge < -0.3 is 0 Å². The third kappa shape index (κ3) is 5.55. The van der Waals surface area contributed by atoms with E-state index in [2.05, 4.69) is 67.5 Å². The van der Waals surface area contributed by atoms with Gasteiger partial charge in [-0.3, -0.25) is 0 Å². The van der Waals surface area contributed by atoms with Gasteiger partial charge in [-0.25, -0.2) is 0 Å². The topological polar surface area (TPSA) is 62.2 Å². The molecular formula is C26H33AsN2O2S. The molecule has 1 aliphatic rings. The Morgan fingerprint density at radius 1 is 1.25 bits per heavy atom. The van der Waals surface area contributed by atoms with E-state index in [1.807, 2.05) is 6.92 Å². The van der Waals surface area contributed by atoms with Gasteiger partial charge in [0.15, 0.2) is 0 Å². The van der Waals surface area contributed by atoms with Crippen LogP contribution in [0.5, 0.6) is 0 Å². The molecule has 2 unspecified atom stereocenters. The summed E-state index contributed by atoms with van der Waals surface area (Å²) in [6.45, 7) is 8.88. The van der Waals surface area contributed by atoms with E-state index in [0.29, 0.717) is 4.71 Å². The molecule has 0 aliphatic heterocycles. The summed E-state index contributed by atoms with van der Waals surface area (Å²) in [6, 6.07) is 13.2. The predicted molar refractivity (Wildman–Crippen MR) is 137 cm³/mol. The third-order valence-corrected chi connectivity index (χ3v) is 13.8. The monoisotopic (exact) mass is 512 g/mol.